The summed E-state index contributed by atoms with van der Waals surface area (Å²) in [7, 11) is -3.54. The highest BCUT2D eigenvalue weighted by atomic mass is 35.5. The van der Waals surface area contributed by atoms with Crippen LogP contribution in [0.4, 0.5) is 11.4 Å². The second kappa shape index (κ2) is 6.57. The standard InChI is InChI=1S/C17H17ClN2O4S/c1-11-7-8-12(18)9-13(11)19-17(21)16-10-20(25(2,22)23)14-5-3-4-6-15(14)24-16/h3-9,16H,10H2,1-2H3,(H,19,21)/t16-/m1/s1. The molecule has 0 fully saturated rings. The average Bonchev–Trinajstić information content (AvgIpc) is 2.56. The number of carbonyl (C=O) groups is 1. The van der Waals surface area contributed by atoms with E-state index in [2.05, 4.69) is 5.32 Å². The van der Waals surface area contributed by atoms with Crippen LogP contribution in [-0.2, 0) is 14.8 Å². The Morgan fingerprint density at radius 3 is 2.72 bits per heavy atom. The molecule has 3 rings (SSSR count). The van der Waals surface area contributed by atoms with E-state index in [9.17, 15) is 13.2 Å². The number of fused-ring (bicyclic) bond motifs is 1. The zero-order valence-electron chi connectivity index (χ0n) is 13.7. The third-order valence-corrected chi connectivity index (χ3v) is 5.27. The third kappa shape index (κ3) is 3.72. The van der Waals surface area contributed by atoms with Crippen molar-refractivity contribution in [2.24, 2.45) is 0 Å². The van der Waals surface area contributed by atoms with Gasteiger partial charge in [-0.3, -0.25) is 9.10 Å². The minimum absolute atomic E-state index is 0.0959. The second-order valence-electron chi connectivity index (χ2n) is 5.82. The number of ether oxygens (including phenoxy) is 1. The number of anilines is 2. The van der Waals surface area contributed by atoms with Gasteiger partial charge in [-0.1, -0.05) is 29.8 Å². The zero-order valence-corrected chi connectivity index (χ0v) is 15.3. The summed E-state index contributed by atoms with van der Waals surface area (Å²) in [6.07, 6.45) is 0.133. The molecule has 0 unspecified atom stereocenters. The summed E-state index contributed by atoms with van der Waals surface area (Å²) >= 11 is 5.97. The molecule has 1 amide bonds. The Hall–Kier alpha value is -2.25. The molecule has 1 N–H and O–H groups in total. The van der Waals surface area contributed by atoms with Crippen molar-refractivity contribution in [3.8, 4) is 5.75 Å². The van der Waals surface area contributed by atoms with Crippen LogP contribution in [0.5, 0.6) is 5.75 Å². The number of benzene rings is 2. The molecule has 132 valence electrons. The molecular formula is C17H17ClN2O4S. The predicted octanol–water partition coefficient (Wildman–Crippen LogP) is 2.81. The largest absolute Gasteiger partial charge is 0.476 e. The molecule has 1 heterocycles. The lowest BCUT2D eigenvalue weighted by atomic mass is 10.1. The maximum atomic E-state index is 12.6. The van der Waals surface area contributed by atoms with Gasteiger partial charge in [0.2, 0.25) is 10.0 Å². The van der Waals surface area contributed by atoms with E-state index in [-0.39, 0.29) is 6.54 Å². The molecule has 2 aromatic rings. The van der Waals surface area contributed by atoms with Crippen LogP contribution in [0.15, 0.2) is 42.5 Å². The first-order valence-electron chi connectivity index (χ1n) is 7.56. The number of sulfonamides is 1. The van der Waals surface area contributed by atoms with Gasteiger partial charge >= 0.3 is 0 Å². The molecule has 1 atom stereocenters. The Morgan fingerprint density at radius 1 is 1.28 bits per heavy atom. The molecule has 0 saturated heterocycles. The first-order chi connectivity index (χ1) is 11.8. The molecule has 0 saturated carbocycles. The Balaban J connectivity index is 1.88. The van der Waals surface area contributed by atoms with Gasteiger partial charge in [0.05, 0.1) is 18.5 Å². The number of rotatable bonds is 3. The first kappa shape index (κ1) is 17.6. The van der Waals surface area contributed by atoms with Crippen molar-refractivity contribution >= 4 is 38.9 Å². The fourth-order valence-corrected chi connectivity index (χ4v) is 3.68. The molecule has 0 radical (unpaired) electrons. The van der Waals surface area contributed by atoms with Crippen LogP contribution in [0.2, 0.25) is 5.02 Å². The van der Waals surface area contributed by atoms with Gasteiger partial charge in [0, 0.05) is 10.7 Å². The van der Waals surface area contributed by atoms with Crippen LogP contribution in [-0.4, -0.2) is 33.2 Å². The summed E-state index contributed by atoms with van der Waals surface area (Å²) in [6, 6.07) is 11.9. The average molecular weight is 381 g/mol. The summed E-state index contributed by atoms with van der Waals surface area (Å²) in [5.74, 6) is -0.0874. The van der Waals surface area contributed by atoms with Crippen LogP contribution < -0.4 is 14.4 Å². The summed E-state index contributed by atoms with van der Waals surface area (Å²) in [5, 5.41) is 3.25. The lowest BCUT2D eigenvalue weighted by Crippen LogP contribution is -2.48. The Labute approximate surface area is 151 Å². The topological polar surface area (TPSA) is 75.7 Å². The Morgan fingerprint density at radius 2 is 2.00 bits per heavy atom. The van der Waals surface area contributed by atoms with E-state index in [0.717, 1.165) is 11.8 Å². The van der Waals surface area contributed by atoms with Crippen molar-refractivity contribution < 1.29 is 17.9 Å². The van der Waals surface area contributed by atoms with E-state index in [0.29, 0.717) is 22.1 Å². The monoisotopic (exact) mass is 380 g/mol. The molecular weight excluding hydrogens is 364 g/mol. The normalized spacial score (nSPS) is 16.8. The van der Waals surface area contributed by atoms with Crippen LogP contribution in [0.25, 0.3) is 0 Å². The molecule has 1 aliphatic heterocycles. The number of aryl methyl sites for hydroxylation is 1. The first-order valence-corrected chi connectivity index (χ1v) is 9.79. The molecule has 8 heteroatoms. The van der Waals surface area contributed by atoms with Gasteiger partial charge in [-0.15, -0.1) is 0 Å². The molecule has 25 heavy (non-hydrogen) atoms. The number of hydrogen-bond acceptors (Lipinski definition) is 4. The number of nitrogens with zero attached hydrogens (tertiary/aromatic N) is 1. The number of para-hydroxylation sites is 2. The second-order valence-corrected chi connectivity index (χ2v) is 8.16. The molecule has 0 aliphatic carbocycles. The van der Waals surface area contributed by atoms with Crippen molar-refractivity contribution in [2.75, 3.05) is 22.4 Å². The van der Waals surface area contributed by atoms with Crippen molar-refractivity contribution in [2.45, 2.75) is 13.0 Å². The van der Waals surface area contributed by atoms with E-state index in [1.165, 1.54) is 4.31 Å². The van der Waals surface area contributed by atoms with E-state index >= 15 is 0 Å². The number of halogens is 1. The number of nitrogens with one attached hydrogen (secondary N) is 1. The van der Waals surface area contributed by atoms with Gasteiger partial charge in [-0.25, -0.2) is 8.42 Å². The highest BCUT2D eigenvalue weighted by Crippen LogP contribution is 2.35. The molecule has 0 aromatic heterocycles. The van der Waals surface area contributed by atoms with E-state index in [1.54, 1.807) is 42.5 Å². The molecule has 1 aliphatic rings. The molecule has 0 spiro atoms. The highest BCUT2D eigenvalue weighted by molar-refractivity contribution is 7.92. The van der Waals surface area contributed by atoms with E-state index < -0.39 is 22.0 Å². The van der Waals surface area contributed by atoms with Crippen LogP contribution >= 0.6 is 11.6 Å². The number of carbonyl (C=O) groups excluding carboxylic acids is 1. The minimum atomic E-state index is -3.54. The maximum absolute atomic E-state index is 12.6. The predicted molar refractivity (Wildman–Crippen MR) is 97.9 cm³/mol. The quantitative estimate of drug-likeness (QED) is 0.888. The van der Waals surface area contributed by atoms with E-state index in [4.69, 9.17) is 16.3 Å². The van der Waals surface area contributed by atoms with Crippen LogP contribution in [0, 0.1) is 6.92 Å². The van der Waals surface area contributed by atoms with Gasteiger partial charge in [0.15, 0.2) is 6.10 Å². The number of amides is 1. The Bertz CT molecular complexity index is 930. The lowest BCUT2D eigenvalue weighted by molar-refractivity contribution is -0.122. The third-order valence-electron chi connectivity index (χ3n) is 3.89. The van der Waals surface area contributed by atoms with E-state index in [1.807, 2.05) is 6.92 Å². The number of hydrogen-bond donors (Lipinski definition) is 1. The summed E-state index contributed by atoms with van der Waals surface area (Å²) in [5.41, 5.74) is 1.83. The summed E-state index contributed by atoms with van der Waals surface area (Å²) in [6.45, 7) is 1.74. The fourth-order valence-electron chi connectivity index (χ4n) is 2.59. The van der Waals surface area contributed by atoms with Gasteiger partial charge in [-0.2, -0.15) is 0 Å². The minimum Gasteiger partial charge on any atom is -0.476 e. The van der Waals surface area contributed by atoms with Crippen molar-refractivity contribution in [3.05, 3.63) is 53.1 Å². The summed E-state index contributed by atoms with van der Waals surface area (Å²) < 4.78 is 31.1. The van der Waals surface area contributed by atoms with Crippen LogP contribution in [0.3, 0.4) is 0 Å². The zero-order chi connectivity index (χ0) is 18.2. The van der Waals surface area contributed by atoms with Gasteiger partial charge in [-0.05, 0) is 36.8 Å². The molecule has 2 aromatic carbocycles. The van der Waals surface area contributed by atoms with Crippen molar-refractivity contribution in [1.82, 2.24) is 0 Å². The maximum Gasteiger partial charge on any atom is 0.267 e. The smallest absolute Gasteiger partial charge is 0.267 e. The highest BCUT2D eigenvalue weighted by Gasteiger charge is 2.34. The van der Waals surface area contributed by atoms with Crippen LogP contribution in [0.1, 0.15) is 5.56 Å². The van der Waals surface area contributed by atoms with Crippen molar-refractivity contribution in [1.29, 1.82) is 0 Å². The molecule has 0 bridgehead atoms. The molecule has 6 nitrogen and oxygen atoms in total. The Kier molecular flexibility index (Phi) is 4.62. The van der Waals surface area contributed by atoms with Crippen molar-refractivity contribution in [3.63, 3.8) is 0 Å². The SMILES string of the molecule is Cc1ccc(Cl)cc1NC(=O)[C@H]1CN(S(C)(=O)=O)c2ccccc2O1. The fraction of sp³-hybridized carbons (Fsp3) is 0.235. The van der Waals surface area contributed by atoms with Gasteiger partial charge < -0.3 is 10.1 Å². The van der Waals surface area contributed by atoms with Gasteiger partial charge in [0.25, 0.3) is 5.91 Å². The lowest BCUT2D eigenvalue weighted by Gasteiger charge is -2.33. The summed E-state index contributed by atoms with van der Waals surface area (Å²) in [4.78, 5) is 12.6. The van der Waals surface area contributed by atoms with Gasteiger partial charge in [0.1, 0.15) is 5.75 Å².